The highest BCUT2D eigenvalue weighted by molar-refractivity contribution is 7.13. The summed E-state index contributed by atoms with van der Waals surface area (Å²) in [5.74, 6) is 0.707. The molecular weight excluding hydrogens is 346 g/mol. The van der Waals surface area contributed by atoms with Gasteiger partial charge in [0, 0.05) is 28.7 Å². The fourth-order valence-corrected chi connectivity index (χ4v) is 4.16. The third-order valence-corrected chi connectivity index (χ3v) is 5.68. The van der Waals surface area contributed by atoms with Gasteiger partial charge in [-0.05, 0) is 31.9 Å². The number of carbonyl (C=O) groups is 1. The maximum atomic E-state index is 12.7. The number of benzene rings is 1. The van der Waals surface area contributed by atoms with E-state index in [9.17, 15) is 4.79 Å². The second-order valence-corrected chi connectivity index (χ2v) is 7.54. The van der Waals surface area contributed by atoms with Gasteiger partial charge in [0.05, 0.1) is 6.04 Å². The molecule has 4 rings (SSSR count). The summed E-state index contributed by atoms with van der Waals surface area (Å²) >= 11 is 1.56. The zero-order chi connectivity index (χ0) is 17.9. The van der Waals surface area contributed by atoms with Crippen LogP contribution in [0, 0.1) is 0 Å². The Morgan fingerprint density at radius 2 is 2.19 bits per heavy atom. The number of thiazole rings is 1. The van der Waals surface area contributed by atoms with Crippen molar-refractivity contribution in [2.24, 2.45) is 0 Å². The van der Waals surface area contributed by atoms with Gasteiger partial charge in [0.1, 0.15) is 11.3 Å². The molecule has 0 saturated heterocycles. The van der Waals surface area contributed by atoms with E-state index in [2.05, 4.69) is 25.1 Å². The van der Waals surface area contributed by atoms with Crippen molar-refractivity contribution >= 4 is 17.2 Å². The minimum absolute atomic E-state index is 0.114. The lowest BCUT2D eigenvalue weighted by atomic mass is 10.1. The third-order valence-electron chi connectivity index (χ3n) is 4.86. The molecule has 0 aliphatic heterocycles. The molecule has 7 heteroatoms. The van der Waals surface area contributed by atoms with Crippen LogP contribution >= 0.6 is 11.3 Å². The van der Waals surface area contributed by atoms with E-state index in [0.29, 0.717) is 11.6 Å². The van der Waals surface area contributed by atoms with Gasteiger partial charge in [-0.15, -0.1) is 21.5 Å². The average molecular weight is 367 g/mol. The van der Waals surface area contributed by atoms with Crippen LogP contribution in [0.1, 0.15) is 60.9 Å². The Bertz CT molecular complexity index is 883. The molecule has 1 unspecified atom stereocenters. The van der Waals surface area contributed by atoms with Gasteiger partial charge in [-0.2, -0.15) is 0 Å². The first kappa shape index (κ1) is 16.9. The van der Waals surface area contributed by atoms with Crippen LogP contribution in [-0.2, 0) is 0 Å². The summed E-state index contributed by atoms with van der Waals surface area (Å²) in [4.78, 5) is 17.0. The van der Waals surface area contributed by atoms with E-state index in [4.69, 9.17) is 0 Å². The summed E-state index contributed by atoms with van der Waals surface area (Å²) in [5.41, 5.74) is 1.57. The number of hydrogen-bond donors (Lipinski definition) is 1. The maximum absolute atomic E-state index is 12.7. The SMILES string of the molecule is CC(NC(=O)c1cccc(-c2nccs2)c1)c1nncn1C1CCCC1. The standard InChI is InChI=1S/C19H21N5OS/c1-13(17-23-21-12-24(17)16-7-2-3-8-16)22-18(25)14-5-4-6-15(11-14)19-20-9-10-26-19/h4-6,9-13,16H,2-3,7-8H2,1H3,(H,22,25). The summed E-state index contributed by atoms with van der Waals surface area (Å²) in [6.07, 6.45) is 8.35. The summed E-state index contributed by atoms with van der Waals surface area (Å²) in [7, 11) is 0. The van der Waals surface area contributed by atoms with Gasteiger partial charge < -0.3 is 9.88 Å². The molecule has 26 heavy (non-hydrogen) atoms. The van der Waals surface area contributed by atoms with Gasteiger partial charge in [-0.1, -0.05) is 25.0 Å². The predicted octanol–water partition coefficient (Wildman–Crippen LogP) is 4.01. The number of hydrogen-bond acceptors (Lipinski definition) is 5. The van der Waals surface area contributed by atoms with Crippen molar-refractivity contribution < 1.29 is 4.79 Å². The smallest absolute Gasteiger partial charge is 0.251 e. The van der Waals surface area contributed by atoms with Gasteiger partial charge in [0.2, 0.25) is 0 Å². The number of nitrogens with one attached hydrogen (secondary N) is 1. The number of rotatable bonds is 5. The van der Waals surface area contributed by atoms with Gasteiger partial charge >= 0.3 is 0 Å². The van der Waals surface area contributed by atoms with Crippen LogP contribution in [0.25, 0.3) is 10.6 Å². The third kappa shape index (κ3) is 3.39. The second-order valence-electron chi connectivity index (χ2n) is 6.65. The Labute approximate surface area is 156 Å². The van der Waals surface area contributed by atoms with Gasteiger partial charge in [0.25, 0.3) is 5.91 Å². The Hall–Kier alpha value is -2.54. The normalized spacial score (nSPS) is 15.9. The van der Waals surface area contributed by atoms with Crippen molar-refractivity contribution in [1.82, 2.24) is 25.1 Å². The highest BCUT2D eigenvalue weighted by Gasteiger charge is 2.23. The minimum Gasteiger partial charge on any atom is -0.342 e. The van der Waals surface area contributed by atoms with Crippen LogP contribution in [-0.4, -0.2) is 25.7 Å². The Morgan fingerprint density at radius 1 is 1.35 bits per heavy atom. The van der Waals surface area contributed by atoms with E-state index >= 15 is 0 Å². The number of carbonyl (C=O) groups excluding carboxylic acids is 1. The molecule has 0 radical (unpaired) electrons. The van der Waals surface area contributed by atoms with E-state index in [1.54, 1.807) is 23.9 Å². The monoisotopic (exact) mass is 367 g/mol. The largest absolute Gasteiger partial charge is 0.342 e. The molecule has 2 aromatic heterocycles. The van der Waals surface area contributed by atoms with E-state index in [1.165, 1.54) is 12.8 Å². The highest BCUT2D eigenvalue weighted by atomic mass is 32.1. The van der Waals surface area contributed by atoms with Crippen LogP contribution in [0.4, 0.5) is 0 Å². The van der Waals surface area contributed by atoms with Crippen LogP contribution in [0.5, 0.6) is 0 Å². The number of aromatic nitrogens is 4. The zero-order valence-electron chi connectivity index (χ0n) is 14.6. The molecule has 1 aliphatic rings. The molecule has 1 saturated carbocycles. The molecule has 1 fully saturated rings. The van der Waals surface area contributed by atoms with Crippen molar-refractivity contribution in [3.05, 3.63) is 53.6 Å². The quantitative estimate of drug-likeness (QED) is 0.739. The van der Waals surface area contributed by atoms with Crippen molar-refractivity contribution in [2.45, 2.75) is 44.7 Å². The molecule has 2 heterocycles. The van der Waals surface area contributed by atoms with Crippen molar-refractivity contribution in [3.63, 3.8) is 0 Å². The number of amides is 1. The molecule has 0 bridgehead atoms. The van der Waals surface area contributed by atoms with Crippen LogP contribution in [0.3, 0.4) is 0 Å². The van der Waals surface area contributed by atoms with E-state index in [1.807, 2.05) is 36.6 Å². The van der Waals surface area contributed by atoms with Gasteiger partial charge in [0.15, 0.2) is 5.82 Å². The van der Waals surface area contributed by atoms with E-state index in [-0.39, 0.29) is 11.9 Å². The summed E-state index contributed by atoms with van der Waals surface area (Å²) in [5, 5.41) is 14.2. The Balaban J connectivity index is 1.50. The first-order chi connectivity index (χ1) is 12.7. The topological polar surface area (TPSA) is 72.7 Å². The Morgan fingerprint density at radius 3 is 2.96 bits per heavy atom. The van der Waals surface area contributed by atoms with Crippen LogP contribution < -0.4 is 5.32 Å². The van der Waals surface area contributed by atoms with Gasteiger partial charge in [-0.3, -0.25) is 4.79 Å². The summed E-state index contributed by atoms with van der Waals surface area (Å²) in [6, 6.07) is 7.80. The average Bonchev–Trinajstić information content (AvgIpc) is 3.43. The summed E-state index contributed by atoms with van der Waals surface area (Å²) in [6.45, 7) is 1.96. The fraction of sp³-hybridized carbons (Fsp3) is 0.368. The lowest BCUT2D eigenvalue weighted by Gasteiger charge is -2.18. The fourth-order valence-electron chi connectivity index (χ4n) is 3.53. The lowest BCUT2D eigenvalue weighted by Crippen LogP contribution is -2.29. The second kappa shape index (κ2) is 7.37. The summed E-state index contributed by atoms with van der Waals surface area (Å²) < 4.78 is 2.13. The molecule has 1 amide bonds. The Kier molecular flexibility index (Phi) is 4.79. The maximum Gasteiger partial charge on any atom is 0.251 e. The molecule has 1 aliphatic carbocycles. The zero-order valence-corrected chi connectivity index (χ0v) is 15.4. The van der Waals surface area contributed by atoms with Crippen LogP contribution in [0.2, 0.25) is 0 Å². The molecule has 3 aromatic rings. The van der Waals surface area contributed by atoms with Gasteiger partial charge in [-0.25, -0.2) is 4.98 Å². The van der Waals surface area contributed by atoms with Crippen molar-refractivity contribution in [3.8, 4) is 10.6 Å². The number of nitrogens with zero attached hydrogens (tertiary/aromatic N) is 4. The highest BCUT2D eigenvalue weighted by Crippen LogP contribution is 2.31. The molecule has 134 valence electrons. The predicted molar refractivity (Wildman–Crippen MR) is 101 cm³/mol. The molecule has 0 spiro atoms. The van der Waals surface area contributed by atoms with Crippen molar-refractivity contribution in [2.75, 3.05) is 0 Å². The molecular formula is C19H21N5OS. The molecule has 1 aromatic carbocycles. The van der Waals surface area contributed by atoms with E-state index in [0.717, 1.165) is 29.2 Å². The van der Waals surface area contributed by atoms with Crippen molar-refractivity contribution in [1.29, 1.82) is 0 Å². The molecule has 1 N–H and O–H groups in total. The molecule has 1 atom stereocenters. The van der Waals surface area contributed by atoms with Crippen LogP contribution in [0.15, 0.2) is 42.2 Å². The molecule has 6 nitrogen and oxygen atoms in total. The minimum atomic E-state index is -0.200. The lowest BCUT2D eigenvalue weighted by molar-refractivity contribution is 0.0937. The first-order valence-corrected chi connectivity index (χ1v) is 9.80. The first-order valence-electron chi connectivity index (χ1n) is 8.92. The van der Waals surface area contributed by atoms with E-state index < -0.39 is 0 Å².